The largest absolute Gasteiger partial charge is 0.391 e. The highest BCUT2D eigenvalue weighted by Crippen LogP contribution is 2.30. The molecule has 0 bridgehead atoms. The Hall–Kier alpha value is -4.64. The Morgan fingerprint density at radius 3 is 2.37 bits per heavy atom. The number of piperazine rings is 1. The van der Waals surface area contributed by atoms with Crippen LogP contribution in [0.2, 0.25) is 5.15 Å². The van der Waals surface area contributed by atoms with Crippen molar-refractivity contribution in [3.8, 4) is 10.4 Å². The predicted molar refractivity (Wildman–Crippen MR) is 210 cm³/mol. The van der Waals surface area contributed by atoms with Crippen LogP contribution in [0.15, 0.2) is 53.0 Å². The van der Waals surface area contributed by atoms with E-state index in [1.807, 2.05) is 64.4 Å². The number of nitrogen functional groups attached to an aromatic ring is 1. The first-order valence-electron chi connectivity index (χ1n) is 18.0. The topological polar surface area (TPSA) is 208 Å². The minimum atomic E-state index is -1.51. The molecular formula is C37H48ClN11O4S. The van der Waals surface area contributed by atoms with Crippen LogP contribution in [-0.4, -0.2) is 117 Å². The van der Waals surface area contributed by atoms with Crippen LogP contribution in [0.5, 0.6) is 0 Å². The number of halogens is 1. The number of nitrogens with zero attached hydrogens (tertiary/aromatic N) is 7. The van der Waals surface area contributed by atoms with E-state index in [-0.39, 0.29) is 36.6 Å². The highest BCUT2D eigenvalue weighted by Gasteiger charge is 2.46. The number of hydrogen-bond donors (Lipinski definition) is 5. The fourth-order valence-electron chi connectivity index (χ4n) is 6.97. The number of β-amino-alcohol motifs (C(OH)–C–C–N with tert-alkyl or cyclic N) is 1. The van der Waals surface area contributed by atoms with Crippen LogP contribution in [0.3, 0.4) is 0 Å². The number of aliphatic imine (C=N–C) groups is 1. The van der Waals surface area contributed by atoms with E-state index < -0.39 is 41.0 Å². The lowest BCUT2D eigenvalue weighted by Gasteiger charge is -2.39. The molecular weight excluding hydrogens is 730 g/mol. The van der Waals surface area contributed by atoms with Crippen molar-refractivity contribution >= 4 is 58.0 Å². The molecule has 0 saturated carbocycles. The quantitative estimate of drug-likeness (QED) is 0.224. The molecule has 0 radical (unpaired) electrons. The van der Waals surface area contributed by atoms with Gasteiger partial charge in [0.05, 0.1) is 40.5 Å². The Morgan fingerprint density at radius 1 is 1.07 bits per heavy atom. The van der Waals surface area contributed by atoms with Crippen molar-refractivity contribution in [1.29, 1.82) is 0 Å². The van der Waals surface area contributed by atoms with Gasteiger partial charge in [0.2, 0.25) is 17.7 Å². The van der Waals surface area contributed by atoms with E-state index in [0.29, 0.717) is 37.8 Å². The number of amidine groups is 1. The number of benzene rings is 1. The molecule has 2 aromatic heterocycles. The maximum Gasteiger partial charge on any atom is 0.246 e. The molecule has 5 atom stereocenters. The van der Waals surface area contributed by atoms with Crippen LogP contribution >= 0.6 is 22.9 Å². The van der Waals surface area contributed by atoms with Gasteiger partial charge in [-0.05, 0) is 42.5 Å². The summed E-state index contributed by atoms with van der Waals surface area (Å²) >= 11 is 7.61. The van der Waals surface area contributed by atoms with Gasteiger partial charge in [-0.3, -0.25) is 19.4 Å². The minimum absolute atomic E-state index is 0.0249. The zero-order chi connectivity index (χ0) is 38.9. The van der Waals surface area contributed by atoms with E-state index >= 15 is 0 Å². The lowest BCUT2D eigenvalue weighted by atomic mass is 9.84. The van der Waals surface area contributed by atoms with Crippen LogP contribution < -0.4 is 27.0 Å². The van der Waals surface area contributed by atoms with Gasteiger partial charge in [-0.1, -0.05) is 56.6 Å². The Kier molecular flexibility index (Phi) is 11.3. The van der Waals surface area contributed by atoms with Crippen LogP contribution in [0.4, 0.5) is 11.5 Å². The van der Waals surface area contributed by atoms with Crippen molar-refractivity contribution < 1.29 is 19.5 Å². The van der Waals surface area contributed by atoms with Crippen LogP contribution in [0.25, 0.3) is 10.4 Å². The molecule has 2 fully saturated rings. The number of carbonyl (C=O) groups is 3. The van der Waals surface area contributed by atoms with Crippen molar-refractivity contribution in [2.75, 3.05) is 49.9 Å². The fraction of sp³-hybridized carbons (Fsp3) is 0.486. The lowest BCUT2D eigenvalue weighted by molar-refractivity contribution is -0.144. The van der Waals surface area contributed by atoms with Gasteiger partial charge in [0, 0.05) is 45.2 Å². The standard InChI is InChI=1S/C37H48ClN11O4S/c1-21(23-6-8-24(9-7-23)30-22(2)42-20-54-30)43-33(51)27-16-25(50)18-49(27)34(52)31(36(3,4)5)44-35(53)37(40)11-10-29(41-19-37)48-14-12-47(13-15-48)26-17-28(38)45-46-32(26)39/h6-11,17,20-21,25,27,31,50H,12-16,18-19,40H2,1-5H3,(H2,39,46)(H,43,51)(H,44,53)/t21-,25+,27-,31+,37?/m0/s1. The lowest BCUT2D eigenvalue weighted by Crippen LogP contribution is -2.64. The molecule has 1 aromatic carbocycles. The number of likely N-dealkylation sites (tertiary alicyclic amines) is 1. The molecule has 0 aliphatic carbocycles. The first-order valence-corrected chi connectivity index (χ1v) is 19.2. The molecule has 3 aliphatic rings. The normalized spacial score (nSPS) is 22.8. The monoisotopic (exact) mass is 777 g/mol. The number of nitrogens with two attached hydrogens (primary N) is 2. The van der Waals surface area contributed by atoms with Gasteiger partial charge < -0.3 is 41.9 Å². The minimum Gasteiger partial charge on any atom is -0.391 e. The van der Waals surface area contributed by atoms with Gasteiger partial charge in [0.25, 0.3) is 0 Å². The van der Waals surface area contributed by atoms with Gasteiger partial charge in [-0.15, -0.1) is 21.5 Å². The molecule has 288 valence electrons. The third-order valence-electron chi connectivity index (χ3n) is 10.2. The van der Waals surface area contributed by atoms with Crippen molar-refractivity contribution in [1.82, 2.24) is 35.6 Å². The number of rotatable bonds is 8. The molecule has 3 aliphatic heterocycles. The number of aliphatic hydroxyl groups excluding tert-OH is 1. The molecule has 6 rings (SSSR count). The second-order valence-electron chi connectivity index (χ2n) is 15.2. The number of thiazole rings is 1. The Morgan fingerprint density at radius 2 is 1.76 bits per heavy atom. The molecule has 7 N–H and O–H groups in total. The van der Waals surface area contributed by atoms with Gasteiger partial charge in [-0.2, -0.15) is 0 Å². The van der Waals surface area contributed by atoms with E-state index in [1.54, 1.807) is 29.6 Å². The van der Waals surface area contributed by atoms with Crippen molar-refractivity contribution in [3.63, 3.8) is 0 Å². The number of nitrogens with one attached hydrogen (secondary N) is 2. The maximum atomic E-state index is 14.2. The number of aliphatic hydroxyl groups is 1. The van der Waals surface area contributed by atoms with Gasteiger partial charge in [0.1, 0.15) is 23.5 Å². The summed E-state index contributed by atoms with van der Waals surface area (Å²) in [5.74, 6) is -0.412. The van der Waals surface area contributed by atoms with Crippen LogP contribution in [0.1, 0.15) is 51.4 Å². The number of hydrogen-bond acceptors (Lipinski definition) is 13. The van der Waals surface area contributed by atoms with E-state index in [0.717, 1.165) is 27.4 Å². The number of dihydropyridines is 1. The number of aryl methyl sites for hydroxylation is 1. The summed E-state index contributed by atoms with van der Waals surface area (Å²) in [7, 11) is 0. The highest BCUT2D eigenvalue weighted by molar-refractivity contribution is 7.13. The summed E-state index contributed by atoms with van der Waals surface area (Å²) in [6, 6.07) is 7.29. The second kappa shape index (κ2) is 15.6. The molecule has 1 unspecified atom stereocenters. The zero-order valence-electron chi connectivity index (χ0n) is 31.1. The van der Waals surface area contributed by atoms with Crippen molar-refractivity contribution in [2.45, 2.75) is 70.8 Å². The van der Waals surface area contributed by atoms with Gasteiger partial charge in [-0.25, -0.2) is 4.98 Å². The Balaban J connectivity index is 1.07. The summed E-state index contributed by atoms with van der Waals surface area (Å²) in [5.41, 5.74) is 15.8. The van der Waals surface area contributed by atoms with E-state index in [9.17, 15) is 19.5 Å². The molecule has 3 aromatic rings. The van der Waals surface area contributed by atoms with Gasteiger partial charge in [0.15, 0.2) is 11.0 Å². The van der Waals surface area contributed by atoms with E-state index in [4.69, 9.17) is 23.1 Å². The van der Waals surface area contributed by atoms with Crippen LogP contribution in [0, 0.1) is 12.3 Å². The molecule has 2 saturated heterocycles. The number of carbonyl (C=O) groups excluding carboxylic acids is 3. The summed E-state index contributed by atoms with van der Waals surface area (Å²) in [4.78, 5) is 57.4. The average Bonchev–Trinajstić information content (AvgIpc) is 3.76. The highest BCUT2D eigenvalue weighted by atomic mass is 35.5. The SMILES string of the molecule is Cc1ncsc1-c1ccc([C@H](C)NC(=O)[C@@H]2C[C@@H](O)CN2C(=O)[C@@H](NC(=O)C2(N)C=CC(N3CCN(c4cc(Cl)nnc4N)CC3)=NC2)C(C)(C)C)cc1. The molecule has 15 nitrogen and oxygen atoms in total. The van der Waals surface area contributed by atoms with E-state index in [1.165, 1.54) is 4.90 Å². The average molecular weight is 778 g/mol. The smallest absolute Gasteiger partial charge is 0.246 e. The molecule has 17 heteroatoms. The summed E-state index contributed by atoms with van der Waals surface area (Å²) in [5, 5.41) is 24.5. The van der Waals surface area contributed by atoms with E-state index in [2.05, 4.69) is 40.6 Å². The predicted octanol–water partition coefficient (Wildman–Crippen LogP) is 2.30. The number of aromatic nitrogens is 3. The third-order valence-corrected chi connectivity index (χ3v) is 11.4. The summed E-state index contributed by atoms with van der Waals surface area (Å²) in [6.45, 7) is 11.8. The molecule has 3 amide bonds. The molecule has 54 heavy (non-hydrogen) atoms. The number of anilines is 2. The molecule has 5 heterocycles. The second-order valence-corrected chi connectivity index (χ2v) is 16.5. The zero-order valence-corrected chi connectivity index (χ0v) is 32.7. The van der Waals surface area contributed by atoms with Crippen molar-refractivity contribution in [2.24, 2.45) is 16.1 Å². The third kappa shape index (κ3) is 8.36. The fourth-order valence-corrected chi connectivity index (χ4v) is 7.93. The molecule has 0 spiro atoms. The first-order chi connectivity index (χ1) is 25.5. The van der Waals surface area contributed by atoms with Crippen LogP contribution in [-0.2, 0) is 14.4 Å². The summed E-state index contributed by atoms with van der Waals surface area (Å²) < 4.78 is 0. The first kappa shape index (κ1) is 39.1. The van der Waals surface area contributed by atoms with Crippen molar-refractivity contribution in [3.05, 3.63) is 64.4 Å². The number of amides is 3. The maximum absolute atomic E-state index is 14.2. The Bertz CT molecular complexity index is 1940. The van der Waals surface area contributed by atoms with Gasteiger partial charge >= 0.3 is 0 Å². The summed E-state index contributed by atoms with van der Waals surface area (Å²) in [6.07, 6.45) is 2.53. The Labute approximate surface area is 323 Å².